The number of nitrogens with zero attached hydrogens (tertiary/aromatic N) is 1. The lowest BCUT2D eigenvalue weighted by Gasteiger charge is -2.34. The summed E-state index contributed by atoms with van der Waals surface area (Å²) in [6.07, 6.45) is 2.38. The molecule has 3 nitrogen and oxygen atoms in total. The predicted octanol–water partition coefficient (Wildman–Crippen LogP) is 3.67. The number of benzene rings is 2. The quantitative estimate of drug-likeness (QED) is 0.930. The molecule has 1 unspecified atom stereocenters. The Morgan fingerprint density at radius 3 is 2.71 bits per heavy atom. The monoisotopic (exact) mass is 283 g/mol. The molecular formula is C18H21NO2. The summed E-state index contributed by atoms with van der Waals surface area (Å²) in [5, 5.41) is 12.1. The average molecular weight is 283 g/mol. The average Bonchev–Trinajstić information content (AvgIpc) is 2.91. The summed E-state index contributed by atoms with van der Waals surface area (Å²) in [6, 6.07) is 14.7. The summed E-state index contributed by atoms with van der Waals surface area (Å²) in [4.78, 5) is 13.9. The molecule has 0 bridgehead atoms. The van der Waals surface area contributed by atoms with Crippen LogP contribution in [0.15, 0.2) is 42.5 Å². The first-order valence-corrected chi connectivity index (χ1v) is 7.62. The first-order chi connectivity index (χ1) is 10.2. The molecule has 0 spiro atoms. The molecule has 3 rings (SSSR count). The van der Waals surface area contributed by atoms with Crippen LogP contribution in [0.5, 0.6) is 0 Å². The number of carboxylic acid groups (broad SMARTS) is 1. The molecule has 1 aliphatic rings. The van der Waals surface area contributed by atoms with Gasteiger partial charge in [-0.3, -0.25) is 9.69 Å². The van der Waals surface area contributed by atoms with Crippen molar-refractivity contribution >= 4 is 16.7 Å². The van der Waals surface area contributed by atoms with Crippen LogP contribution in [0.3, 0.4) is 0 Å². The fourth-order valence-corrected chi connectivity index (χ4v) is 3.52. The highest BCUT2D eigenvalue weighted by molar-refractivity contribution is 5.83. The van der Waals surface area contributed by atoms with Gasteiger partial charge in [0.05, 0.1) is 0 Å². The van der Waals surface area contributed by atoms with Crippen LogP contribution in [0, 0.1) is 0 Å². The SMILES string of the molecule is CCC1(C(=O)O)CCCN1Cc1ccc2ccccc2c1. The summed E-state index contributed by atoms with van der Waals surface area (Å²) in [5.74, 6) is -0.678. The van der Waals surface area contributed by atoms with Gasteiger partial charge < -0.3 is 5.11 Å². The Morgan fingerprint density at radius 1 is 1.24 bits per heavy atom. The van der Waals surface area contributed by atoms with Crippen molar-refractivity contribution < 1.29 is 9.90 Å². The lowest BCUT2D eigenvalue weighted by Crippen LogP contribution is -2.49. The van der Waals surface area contributed by atoms with E-state index in [4.69, 9.17) is 0 Å². The van der Waals surface area contributed by atoms with E-state index in [-0.39, 0.29) is 0 Å². The van der Waals surface area contributed by atoms with Crippen LogP contribution < -0.4 is 0 Å². The summed E-state index contributed by atoms with van der Waals surface area (Å²) in [6.45, 7) is 3.56. The second-order valence-electron chi connectivity index (χ2n) is 5.90. The molecule has 1 heterocycles. The van der Waals surface area contributed by atoms with Crippen LogP contribution in [0.2, 0.25) is 0 Å². The smallest absolute Gasteiger partial charge is 0.324 e. The highest BCUT2D eigenvalue weighted by atomic mass is 16.4. The molecular weight excluding hydrogens is 262 g/mol. The Hall–Kier alpha value is -1.87. The molecule has 1 saturated heterocycles. The van der Waals surface area contributed by atoms with Gasteiger partial charge in [0.25, 0.3) is 0 Å². The van der Waals surface area contributed by atoms with Crippen molar-refractivity contribution in [3.63, 3.8) is 0 Å². The van der Waals surface area contributed by atoms with Crippen LogP contribution in [-0.4, -0.2) is 28.1 Å². The fraction of sp³-hybridized carbons (Fsp3) is 0.389. The minimum atomic E-state index is -0.678. The van der Waals surface area contributed by atoms with E-state index in [2.05, 4.69) is 35.2 Å². The van der Waals surface area contributed by atoms with Gasteiger partial charge in [0.2, 0.25) is 0 Å². The summed E-state index contributed by atoms with van der Waals surface area (Å²) < 4.78 is 0. The van der Waals surface area contributed by atoms with Crippen molar-refractivity contribution in [1.82, 2.24) is 4.90 Å². The molecule has 1 aliphatic heterocycles. The Balaban J connectivity index is 1.88. The minimum Gasteiger partial charge on any atom is -0.480 e. The maximum absolute atomic E-state index is 11.7. The van der Waals surface area contributed by atoms with E-state index in [0.717, 1.165) is 19.4 Å². The summed E-state index contributed by atoms with van der Waals surface area (Å²) in [7, 11) is 0. The number of likely N-dealkylation sites (tertiary alicyclic amines) is 1. The molecule has 0 aliphatic carbocycles. The highest BCUT2D eigenvalue weighted by Gasteiger charge is 2.45. The van der Waals surface area contributed by atoms with Gasteiger partial charge >= 0.3 is 5.97 Å². The Morgan fingerprint density at radius 2 is 2.00 bits per heavy atom. The number of rotatable bonds is 4. The second kappa shape index (κ2) is 5.49. The topological polar surface area (TPSA) is 40.5 Å². The largest absolute Gasteiger partial charge is 0.480 e. The Labute approximate surface area is 125 Å². The highest BCUT2D eigenvalue weighted by Crippen LogP contribution is 2.34. The second-order valence-corrected chi connectivity index (χ2v) is 5.90. The Kier molecular flexibility index (Phi) is 3.68. The fourth-order valence-electron chi connectivity index (χ4n) is 3.52. The van der Waals surface area contributed by atoms with Gasteiger partial charge in [-0.15, -0.1) is 0 Å². The number of aliphatic carboxylic acids is 1. The zero-order valence-electron chi connectivity index (χ0n) is 12.4. The van der Waals surface area contributed by atoms with Crippen molar-refractivity contribution in [2.45, 2.75) is 38.3 Å². The normalized spacial score (nSPS) is 22.7. The van der Waals surface area contributed by atoms with Gasteiger partial charge in [0.15, 0.2) is 0 Å². The van der Waals surface area contributed by atoms with Crippen molar-refractivity contribution in [2.75, 3.05) is 6.54 Å². The summed E-state index contributed by atoms with van der Waals surface area (Å²) >= 11 is 0. The molecule has 0 saturated carbocycles. The van der Waals surface area contributed by atoms with Crippen molar-refractivity contribution in [3.05, 3.63) is 48.0 Å². The summed E-state index contributed by atoms with van der Waals surface area (Å²) in [5.41, 5.74) is 0.515. The first kappa shape index (κ1) is 14.1. The standard InChI is InChI=1S/C18H21NO2/c1-2-18(17(20)21)10-5-11-19(18)13-14-8-9-15-6-3-4-7-16(15)12-14/h3-4,6-9,12H,2,5,10-11,13H2,1H3,(H,20,21). The molecule has 21 heavy (non-hydrogen) atoms. The lowest BCUT2D eigenvalue weighted by molar-refractivity contribution is -0.150. The van der Waals surface area contributed by atoms with Crippen LogP contribution in [0.25, 0.3) is 10.8 Å². The number of carbonyl (C=O) groups is 1. The maximum atomic E-state index is 11.7. The van der Waals surface area contributed by atoms with E-state index in [1.165, 1.54) is 16.3 Å². The van der Waals surface area contributed by atoms with Crippen molar-refractivity contribution in [1.29, 1.82) is 0 Å². The number of hydrogen-bond donors (Lipinski definition) is 1. The molecule has 3 heteroatoms. The number of fused-ring (bicyclic) bond motifs is 1. The zero-order valence-corrected chi connectivity index (χ0v) is 12.4. The van der Waals surface area contributed by atoms with E-state index in [1.54, 1.807) is 0 Å². The van der Waals surface area contributed by atoms with E-state index < -0.39 is 11.5 Å². The number of hydrogen-bond acceptors (Lipinski definition) is 2. The molecule has 0 radical (unpaired) electrons. The van der Waals surface area contributed by atoms with Crippen LogP contribution >= 0.6 is 0 Å². The molecule has 1 atom stereocenters. The van der Waals surface area contributed by atoms with Crippen molar-refractivity contribution in [2.24, 2.45) is 0 Å². The van der Waals surface area contributed by atoms with Crippen LogP contribution in [0.4, 0.5) is 0 Å². The van der Waals surface area contributed by atoms with Gasteiger partial charge in [-0.1, -0.05) is 43.3 Å². The third-order valence-electron chi connectivity index (χ3n) is 4.79. The molecule has 1 N–H and O–H groups in total. The third-order valence-corrected chi connectivity index (χ3v) is 4.79. The molecule has 1 fully saturated rings. The van der Waals surface area contributed by atoms with Gasteiger partial charge in [0, 0.05) is 6.54 Å². The van der Waals surface area contributed by atoms with Gasteiger partial charge in [-0.2, -0.15) is 0 Å². The molecule has 110 valence electrons. The number of carboxylic acids is 1. The van der Waals surface area contributed by atoms with Gasteiger partial charge in [-0.05, 0) is 48.2 Å². The van der Waals surface area contributed by atoms with E-state index >= 15 is 0 Å². The predicted molar refractivity (Wildman–Crippen MR) is 84.2 cm³/mol. The van der Waals surface area contributed by atoms with E-state index in [9.17, 15) is 9.90 Å². The van der Waals surface area contributed by atoms with Gasteiger partial charge in [0.1, 0.15) is 5.54 Å². The van der Waals surface area contributed by atoms with Crippen molar-refractivity contribution in [3.8, 4) is 0 Å². The third kappa shape index (κ3) is 2.42. The molecule has 2 aromatic carbocycles. The maximum Gasteiger partial charge on any atom is 0.324 e. The first-order valence-electron chi connectivity index (χ1n) is 7.62. The lowest BCUT2D eigenvalue weighted by atomic mass is 9.92. The molecule has 0 amide bonds. The van der Waals surface area contributed by atoms with Gasteiger partial charge in [-0.25, -0.2) is 0 Å². The van der Waals surface area contributed by atoms with E-state index in [1.807, 2.05) is 19.1 Å². The van der Waals surface area contributed by atoms with Crippen LogP contribution in [-0.2, 0) is 11.3 Å². The van der Waals surface area contributed by atoms with E-state index in [0.29, 0.717) is 13.0 Å². The minimum absolute atomic E-state index is 0.663. The Bertz CT molecular complexity index is 667. The zero-order chi connectivity index (χ0) is 14.9. The molecule has 2 aromatic rings. The molecule has 0 aromatic heterocycles. The van der Waals surface area contributed by atoms with Crippen LogP contribution in [0.1, 0.15) is 31.7 Å².